The molecule has 9 heteroatoms. The Morgan fingerprint density at radius 1 is 1.06 bits per heavy atom. The van der Waals surface area contributed by atoms with E-state index >= 15 is 0 Å². The summed E-state index contributed by atoms with van der Waals surface area (Å²) in [6.45, 7) is 4.33. The fourth-order valence-corrected chi connectivity index (χ4v) is 5.23. The molecule has 1 aromatic heterocycles. The molecule has 1 saturated heterocycles. The quantitative estimate of drug-likeness (QED) is 0.684. The van der Waals surface area contributed by atoms with Crippen molar-refractivity contribution in [3.63, 3.8) is 0 Å². The number of amides is 3. The van der Waals surface area contributed by atoms with Crippen molar-refractivity contribution in [3.05, 3.63) is 34.8 Å². The third kappa shape index (κ3) is 5.15. The monoisotopic (exact) mass is 455 g/mol. The van der Waals surface area contributed by atoms with Crippen LogP contribution < -0.4 is 10.6 Å². The Bertz CT molecular complexity index is 982. The number of rotatable bonds is 6. The van der Waals surface area contributed by atoms with Gasteiger partial charge >= 0.3 is 0 Å². The number of benzene rings is 1. The Hall–Kier alpha value is -2.81. The lowest BCUT2D eigenvalue weighted by molar-refractivity contribution is -0.129. The standard InChI is InChI=1S/C23H29N5O3S/c1-14(2)28-13-17(12-19(28)29)21(31)24-18-10-8-15(9-11-18)20(30)25-23-27-26-22(32-23)16-6-4-3-5-7-16/h8-11,14,16-17H,3-7,12-13H2,1-2H3,(H,24,31)(H,25,27,30). The molecule has 32 heavy (non-hydrogen) atoms. The lowest BCUT2D eigenvalue weighted by atomic mass is 9.90. The van der Waals surface area contributed by atoms with E-state index in [0.717, 1.165) is 17.8 Å². The van der Waals surface area contributed by atoms with Gasteiger partial charge in [-0.2, -0.15) is 0 Å². The number of anilines is 2. The van der Waals surface area contributed by atoms with E-state index in [1.165, 1.54) is 30.6 Å². The molecule has 1 saturated carbocycles. The van der Waals surface area contributed by atoms with Crippen molar-refractivity contribution in [1.82, 2.24) is 15.1 Å². The molecule has 2 aromatic rings. The number of hydrogen-bond donors (Lipinski definition) is 2. The second-order valence-electron chi connectivity index (χ2n) is 8.84. The summed E-state index contributed by atoms with van der Waals surface area (Å²) in [6, 6.07) is 6.79. The summed E-state index contributed by atoms with van der Waals surface area (Å²) in [5, 5.41) is 15.6. The highest BCUT2D eigenvalue weighted by atomic mass is 32.1. The number of aromatic nitrogens is 2. The topological polar surface area (TPSA) is 104 Å². The lowest BCUT2D eigenvalue weighted by Crippen LogP contribution is -2.33. The highest BCUT2D eigenvalue weighted by molar-refractivity contribution is 7.15. The molecule has 170 valence electrons. The molecule has 0 bridgehead atoms. The summed E-state index contributed by atoms with van der Waals surface area (Å²) < 4.78 is 0. The Balaban J connectivity index is 1.31. The smallest absolute Gasteiger partial charge is 0.257 e. The third-order valence-electron chi connectivity index (χ3n) is 6.18. The van der Waals surface area contributed by atoms with Crippen LogP contribution >= 0.6 is 11.3 Å². The van der Waals surface area contributed by atoms with Gasteiger partial charge in [-0.05, 0) is 51.0 Å². The molecule has 0 radical (unpaired) electrons. The van der Waals surface area contributed by atoms with E-state index in [9.17, 15) is 14.4 Å². The molecule has 0 spiro atoms. The second kappa shape index (κ2) is 9.77. The van der Waals surface area contributed by atoms with Crippen molar-refractivity contribution in [2.75, 3.05) is 17.2 Å². The Labute approximate surface area is 191 Å². The average molecular weight is 456 g/mol. The molecule has 2 fully saturated rings. The Kier molecular flexibility index (Phi) is 6.83. The van der Waals surface area contributed by atoms with Gasteiger partial charge in [0.2, 0.25) is 16.9 Å². The first-order valence-electron chi connectivity index (χ1n) is 11.3. The van der Waals surface area contributed by atoms with Gasteiger partial charge in [0.1, 0.15) is 5.01 Å². The maximum atomic E-state index is 12.6. The minimum atomic E-state index is -0.358. The summed E-state index contributed by atoms with van der Waals surface area (Å²) in [6.07, 6.45) is 6.24. The van der Waals surface area contributed by atoms with Crippen molar-refractivity contribution < 1.29 is 14.4 Å². The van der Waals surface area contributed by atoms with Crippen LogP contribution in [0.15, 0.2) is 24.3 Å². The maximum Gasteiger partial charge on any atom is 0.257 e. The van der Waals surface area contributed by atoms with Crippen molar-refractivity contribution in [3.8, 4) is 0 Å². The molecule has 1 aromatic carbocycles. The van der Waals surface area contributed by atoms with Crippen LogP contribution in [0.25, 0.3) is 0 Å². The van der Waals surface area contributed by atoms with Crippen molar-refractivity contribution in [2.45, 2.75) is 64.3 Å². The second-order valence-corrected chi connectivity index (χ2v) is 9.85. The molecule has 2 N–H and O–H groups in total. The van der Waals surface area contributed by atoms with Gasteiger partial charge in [0.05, 0.1) is 5.92 Å². The summed E-state index contributed by atoms with van der Waals surface area (Å²) in [4.78, 5) is 38.9. The zero-order chi connectivity index (χ0) is 22.7. The third-order valence-corrected chi connectivity index (χ3v) is 7.18. The fraction of sp³-hybridized carbons (Fsp3) is 0.522. The molecule has 4 rings (SSSR count). The Morgan fingerprint density at radius 2 is 1.78 bits per heavy atom. The van der Waals surface area contributed by atoms with E-state index in [0.29, 0.717) is 28.8 Å². The Morgan fingerprint density at radius 3 is 2.44 bits per heavy atom. The van der Waals surface area contributed by atoms with Crippen LogP contribution in [-0.2, 0) is 9.59 Å². The van der Waals surface area contributed by atoms with Gasteiger partial charge in [-0.3, -0.25) is 19.7 Å². The first kappa shape index (κ1) is 22.4. The van der Waals surface area contributed by atoms with E-state index in [2.05, 4.69) is 20.8 Å². The van der Waals surface area contributed by atoms with Gasteiger partial charge in [-0.1, -0.05) is 30.6 Å². The zero-order valence-corrected chi connectivity index (χ0v) is 19.3. The summed E-state index contributed by atoms with van der Waals surface area (Å²) in [7, 11) is 0. The average Bonchev–Trinajstić information content (AvgIpc) is 3.41. The number of carbonyl (C=O) groups is 3. The minimum absolute atomic E-state index is 0.00971. The predicted molar refractivity (Wildman–Crippen MR) is 124 cm³/mol. The van der Waals surface area contributed by atoms with E-state index < -0.39 is 0 Å². The number of carbonyl (C=O) groups excluding carboxylic acids is 3. The van der Waals surface area contributed by atoms with Crippen LogP contribution in [0.4, 0.5) is 10.8 Å². The molecule has 1 aliphatic heterocycles. The first-order valence-corrected chi connectivity index (χ1v) is 12.1. The highest BCUT2D eigenvalue weighted by Gasteiger charge is 2.35. The molecular formula is C23H29N5O3S. The largest absolute Gasteiger partial charge is 0.339 e. The van der Waals surface area contributed by atoms with Crippen molar-refractivity contribution in [1.29, 1.82) is 0 Å². The van der Waals surface area contributed by atoms with E-state index in [-0.39, 0.29) is 36.1 Å². The summed E-state index contributed by atoms with van der Waals surface area (Å²) in [5.74, 6) is -0.331. The molecule has 1 aliphatic carbocycles. The number of likely N-dealkylation sites (tertiary alicyclic amines) is 1. The van der Waals surface area contributed by atoms with Gasteiger partial charge in [-0.15, -0.1) is 10.2 Å². The molecule has 2 heterocycles. The van der Waals surface area contributed by atoms with Crippen molar-refractivity contribution >= 4 is 39.9 Å². The van der Waals surface area contributed by atoms with Crippen LogP contribution in [0.5, 0.6) is 0 Å². The van der Waals surface area contributed by atoms with E-state index in [1.54, 1.807) is 29.2 Å². The molecule has 1 unspecified atom stereocenters. The summed E-state index contributed by atoms with van der Waals surface area (Å²) >= 11 is 1.45. The van der Waals surface area contributed by atoms with Gasteiger partial charge in [0.25, 0.3) is 5.91 Å². The van der Waals surface area contributed by atoms with Gasteiger partial charge in [0, 0.05) is 36.2 Å². The van der Waals surface area contributed by atoms with Crippen LogP contribution in [-0.4, -0.2) is 45.4 Å². The number of nitrogens with one attached hydrogen (secondary N) is 2. The SMILES string of the molecule is CC(C)N1CC(C(=O)Nc2ccc(C(=O)Nc3nnc(C4CCCCC4)s3)cc2)CC1=O. The van der Waals surface area contributed by atoms with Crippen molar-refractivity contribution in [2.24, 2.45) is 5.92 Å². The molecule has 2 aliphatic rings. The van der Waals surface area contributed by atoms with Gasteiger partial charge in [-0.25, -0.2) is 0 Å². The number of nitrogens with zero attached hydrogens (tertiary/aromatic N) is 3. The fourth-order valence-electron chi connectivity index (χ4n) is 4.32. The first-order chi connectivity index (χ1) is 15.4. The minimum Gasteiger partial charge on any atom is -0.339 e. The van der Waals surface area contributed by atoms with Crippen LogP contribution in [0, 0.1) is 5.92 Å². The zero-order valence-electron chi connectivity index (χ0n) is 18.5. The van der Waals surface area contributed by atoms with Gasteiger partial charge in [0.15, 0.2) is 0 Å². The van der Waals surface area contributed by atoms with Gasteiger partial charge < -0.3 is 10.2 Å². The molecule has 1 atom stereocenters. The number of hydrogen-bond acceptors (Lipinski definition) is 6. The normalized spacial score (nSPS) is 19.4. The van der Waals surface area contributed by atoms with E-state index in [4.69, 9.17) is 0 Å². The molecular weight excluding hydrogens is 426 g/mol. The maximum absolute atomic E-state index is 12.6. The van der Waals surface area contributed by atoms with E-state index in [1.807, 2.05) is 13.8 Å². The lowest BCUT2D eigenvalue weighted by Gasteiger charge is -2.20. The summed E-state index contributed by atoms with van der Waals surface area (Å²) in [5.41, 5.74) is 1.07. The van der Waals surface area contributed by atoms with Crippen LogP contribution in [0.1, 0.15) is 73.7 Å². The van der Waals surface area contributed by atoms with Crippen LogP contribution in [0.2, 0.25) is 0 Å². The highest BCUT2D eigenvalue weighted by Crippen LogP contribution is 2.35. The predicted octanol–water partition coefficient (Wildman–Crippen LogP) is 4.03. The molecule has 8 nitrogen and oxygen atoms in total. The van der Waals surface area contributed by atoms with Crippen LogP contribution in [0.3, 0.4) is 0 Å². The molecule has 3 amide bonds.